The number of primary amides is 1. The summed E-state index contributed by atoms with van der Waals surface area (Å²) in [5.41, 5.74) is 4.64. The van der Waals surface area contributed by atoms with Gasteiger partial charge in [-0.1, -0.05) is 0 Å². The van der Waals surface area contributed by atoms with Crippen LogP contribution in [0, 0.1) is 0 Å². The van der Waals surface area contributed by atoms with Crippen molar-refractivity contribution in [3.05, 3.63) is 17.7 Å². The van der Waals surface area contributed by atoms with Gasteiger partial charge < -0.3 is 5.73 Å². The minimum absolute atomic E-state index is 0.0139. The summed E-state index contributed by atoms with van der Waals surface area (Å²) in [5.74, 6) is -0.806. The summed E-state index contributed by atoms with van der Waals surface area (Å²) >= 11 is 0. The van der Waals surface area contributed by atoms with Crippen LogP contribution in [0.15, 0.2) is 11.0 Å². The predicted octanol–water partition coefficient (Wildman–Crippen LogP) is 0.109. The molecule has 11 heavy (non-hydrogen) atoms. The van der Waals surface area contributed by atoms with Crippen molar-refractivity contribution in [2.75, 3.05) is 0 Å². The Balaban J connectivity index is 3.05. The quantitative estimate of drug-likeness (QED) is 0.660. The van der Waals surface area contributed by atoms with Crippen LogP contribution >= 0.6 is 0 Å². The van der Waals surface area contributed by atoms with E-state index in [0.717, 1.165) is 6.08 Å². The van der Waals surface area contributed by atoms with Gasteiger partial charge in [-0.25, -0.2) is 9.02 Å². The van der Waals surface area contributed by atoms with E-state index < -0.39 is 5.91 Å². The Bertz CT molecular complexity index is 294. The van der Waals surface area contributed by atoms with Crippen LogP contribution in [0.2, 0.25) is 0 Å². The number of carbonyl (C=O) groups excluding carboxylic acids is 1. The summed E-state index contributed by atoms with van der Waals surface area (Å²) in [4.78, 5) is 10.5. The van der Waals surface area contributed by atoms with Gasteiger partial charge in [0.1, 0.15) is 5.69 Å². The summed E-state index contributed by atoms with van der Waals surface area (Å²) in [5, 5.41) is 6.37. The number of amides is 1. The van der Waals surface area contributed by atoms with Gasteiger partial charge in [-0.2, -0.15) is 0 Å². The van der Waals surface area contributed by atoms with Crippen LogP contribution in [0.3, 0.4) is 0 Å². The molecule has 0 spiro atoms. The van der Waals surface area contributed by atoms with E-state index in [9.17, 15) is 9.18 Å². The third-order valence-electron chi connectivity index (χ3n) is 0.968. The summed E-state index contributed by atoms with van der Waals surface area (Å²) in [6.07, 6.45) is 1.14. The fourth-order valence-electron chi connectivity index (χ4n) is 0.535. The van der Waals surface area contributed by atoms with Crippen LogP contribution in [0.5, 0.6) is 0 Å². The van der Waals surface area contributed by atoms with Gasteiger partial charge in [0.25, 0.3) is 5.91 Å². The Hall–Kier alpha value is -1.72. The SMILES string of the molecule is NC(=O)c1nonc1/C=C/F. The maximum Gasteiger partial charge on any atom is 0.273 e. The first kappa shape index (κ1) is 7.39. The minimum atomic E-state index is -0.806. The van der Waals surface area contributed by atoms with Crippen molar-refractivity contribution >= 4 is 12.0 Å². The molecule has 0 saturated heterocycles. The predicted molar refractivity (Wildman–Crippen MR) is 33.0 cm³/mol. The van der Waals surface area contributed by atoms with Crippen molar-refractivity contribution in [2.24, 2.45) is 5.73 Å². The number of rotatable bonds is 2. The van der Waals surface area contributed by atoms with E-state index in [0.29, 0.717) is 0 Å². The fourth-order valence-corrected chi connectivity index (χ4v) is 0.535. The average molecular weight is 157 g/mol. The largest absolute Gasteiger partial charge is 0.364 e. The molecule has 0 fully saturated rings. The topological polar surface area (TPSA) is 82.0 Å². The second-order valence-corrected chi connectivity index (χ2v) is 1.65. The fraction of sp³-hybridized carbons (Fsp3) is 0. The van der Waals surface area contributed by atoms with Crippen molar-refractivity contribution in [3.8, 4) is 0 Å². The van der Waals surface area contributed by atoms with Crippen molar-refractivity contribution in [2.45, 2.75) is 0 Å². The van der Waals surface area contributed by atoms with Gasteiger partial charge in [0.2, 0.25) is 0 Å². The molecule has 0 atom stereocenters. The highest BCUT2D eigenvalue weighted by Gasteiger charge is 2.11. The molecule has 0 radical (unpaired) electrons. The average Bonchev–Trinajstić information content (AvgIpc) is 2.36. The van der Waals surface area contributed by atoms with Gasteiger partial charge in [0.15, 0.2) is 5.69 Å². The maximum absolute atomic E-state index is 11.6. The lowest BCUT2D eigenvalue weighted by molar-refractivity contribution is 0.0991. The lowest BCUT2D eigenvalue weighted by atomic mass is 10.3. The Morgan fingerprint density at radius 2 is 2.36 bits per heavy atom. The molecule has 0 aliphatic rings. The Morgan fingerprint density at radius 1 is 1.64 bits per heavy atom. The molecule has 6 heteroatoms. The molecule has 1 amide bonds. The van der Waals surface area contributed by atoms with Crippen LogP contribution in [0.25, 0.3) is 6.08 Å². The molecule has 0 bridgehead atoms. The molecule has 0 aliphatic carbocycles. The molecule has 0 aromatic carbocycles. The van der Waals surface area contributed by atoms with Crippen LogP contribution in [-0.2, 0) is 0 Å². The number of halogens is 1. The first-order valence-corrected chi connectivity index (χ1v) is 2.65. The van der Waals surface area contributed by atoms with E-state index in [-0.39, 0.29) is 17.7 Å². The number of nitrogens with zero attached hydrogens (tertiary/aromatic N) is 2. The molecule has 5 nitrogen and oxygen atoms in total. The summed E-state index contributed by atoms with van der Waals surface area (Å²) < 4.78 is 15.7. The normalized spacial score (nSPS) is 10.6. The van der Waals surface area contributed by atoms with Crippen LogP contribution < -0.4 is 5.73 Å². The molecule has 1 aromatic rings. The molecule has 1 heterocycles. The van der Waals surface area contributed by atoms with Gasteiger partial charge in [-0.05, 0) is 16.4 Å². The summed E-state index contributed by atoms with van der Waals surface area (Å²) in [7, 11) is 0. The van der Waals surface area contributed by atoms with Gasteiger partial charge in [0, 0.05) is 0 Å². The lowest BCUT2D eigenvalue weighted by Gasteiger charge is -1.83. The first-order valence-electron chi connectivity index (χ1n) is 2.65. The van der Waals surface area contributed by atoms with Crippen molar-refractivity contribution in [3.63, 3.8) is 0 Å². The molecule has 1 rings (SSSR count). The van der Waals surface area contributed by atoms with Gasteiger partial charge in [-0.15, -0.1) is 0 Å². The molecule has 2 N–H and O–H groups in total. The minimum Gasteiger partial charge on any atom is -0.364 e. The molecule has 0 unspecified atom stereocenters. The van der Waals surface area contributed by atoms with Gasteiger partial charge in [-0.3, -0.25) is 4.79 Å². The van der Waals surface area contributed by atoms with E-state index in [1.165, 1.54) is 0 Å². The van der Waals surface area contributed by atoms with Gasteiger partial charge >= 0.3 is 0 Å². The molecule has 0 aliphatic heterocycles. The Labute approximate surface area is 60.6 Å². The Kier molecular flexibility index (Phi) is 1.95. The van der Waals surface area contributed by atoms with Crippen LogP contribution in [0.4, 0.5) is 4.39 Å². The van der Waals surface area contributed by atoms with E-state index >= 15 is 0 Å². The molecular weight excluding hydrogens is 153 g/mol. The molecule has 0 saturated carbocycles. The highest BCUT2D eigenvalue weighted by atomic mass is 19.1. The summed E-state index contributed by atoms with van der Waals surface area (Å²) in [6.45, 7) is 0. The molecular formula is C5H4FN3O2. The summed E-state index contributed by atoms with van der Waals surface area (Å²) in [6, 6.07) is 0. The zero-order valence-corrected chi connectivity index (χ0v) is 5.32. The number of aromatic nitrogens is 2. The first-order chi connectivity index (χ1) is 5.25. The zero-order chi connectivity index (χ0) is 8.27. The highest BCUT2D eigenvalue weighted by Crippen LogP contribution is 2.03. The second kappa shape index (κ2) is 2.91. The van der Waals surface area contributed by atoms with E-state index in [4.69, 9.17) is 5.73 Å². The van der Waals surface area contributed by atoms with E-state index in [2.05, 4.69) is 14.9 Å². The number of carbonyl (C=O) groups is 1. The standard InChI is InChI=1S/C5H4FN3O2/c6-2-1-3-4(5(7)10)9-11-8-3/h1-2H,(H2,7,10)/b2-1+. The molecule has 1 aromatic heterocycles. The van der Waals surface area contributed by atoms with Crippen molar-refractivity contribution in [1.82, 2.24) is 10.3 Å². The van der Waals surface area contributed by atoms with Crippen LogP contribution in [-0.4, -0.2) is 16.2 Å². The Morgan fingerprint density at radius 3 is 2.91 bits per heavy atom. The van der Waals surface area contributed by atoms with E-state index in [1.54, 1.807) is 0 Å². The van der Waals surface area contributed by atoms with E-state index in [1.807, 2.05) is 0 Å². The highest BCUT2D eigenvalue weighted by molar-refractivity contribution is 5.93. The monoisotopic (exact) mass is 157 g/mol. The smallest absolute Gasteiger partial charge is 0.273 e. The van der Waals surface area contributed by atoms with Crippen molar-refractivity contribution < 1.29 is 13.8 Å². The van der Waals surface area contributed by atoms with Gasteiger partial charge in [0.05, 0.1) is 6.33 Å². The lowest BCUT2D eigenvalue weighted by Crippen LogP contribution is -2.12. The zero-order valence-electron chi connectivity index (χ0n) is 5.32. The number of hydrogen-bond donors (Lipinski definition) is 1. The third-order valence-corrected chi connectivity index (χ3v) is 0.968. The number of nitrogens with two attached hydrogens (primary N) is 1. The third kappa shape index (κ3) is 1.40. The number of hydrogen-bond acceptors (Lipinski definition) is 4. The molecule has 58 valence electrons. The second-order valence-electron chi connectivity index (χ2n) is 1.65. The van der Waals surface area contributed by atoms with Crippen molar-refractivity contribution in [1.29, 1.82) is 0 Å². The van der Waals surface area contributed by atoms with Crippen LogP contribution in [0.1, 0.15) is 16.2 Å². The maximum atomic E-state index is 11.6.